The number of amides is 1. The Bertz CT molecular complexity index is 1550. The van der Waals surface area contributed by atoms with Gasteiger partial charge in [0.1, 0.15) is 5.82 Å². The average Bonchev–Trinajstić information content (AvgIpc) is 3.32. The van der Waals surface area contributed by atoms with Crippen LogP contribution in [-0.4, -0.2) is 50.9 Å². The van der Waals surface area contributed by atoms with Crippen LogP contribution in [-0.2, 0) is 14.6 Å². The summed E-state index contributed by atoms with van der Waals surface area (Å²) in [5, 5.41) is 16.6. The predicted molar refractivity (Wildman–Crippen MR) is 132 cm³/mol. The first kappa shape index (κ1) is 25.9. The van der Waals surface area contributed by atoms with Crippen LogP contribution in [0.5, 0.6) is 0 Å². The number of carboxylic acid groups (broad SMARTS) is 1. The summed E-state index contributed by atoms with van der Waals surface area (Å²) < 4.78 is 40.0. The minimum Gasteiger partial charge on any atom is -0.481 e. The first-order chi connectivity index (χ1) is 17.7. The number of carbonyl (C=O) groups excluding carboxylic acids is 1. The fraction of sp³-hybridized carbons (Fsp3) is 0.240. The van der Waals surface area contributed by atoms with Crippen LogP contribution < -0.4 is 5.32 Å². The molecule has 12 heteroatoms. The minimum atomic E-state index is -3.86. The molecular formula is C25H24FN5O5S. The standard InChI is InChI=1S/C25H24FN5O5S/c1-2-3-22(16-10-19(12-27-11-16)37(35,36)9-8-24(32)33)30-25(34)21-13-28-15-23-20(21)14-29-31(23)18-6-4-17(26)5-7-18/h4-7,10-15,22H,2-3,8-9H2,1H3,(H,30,34)(H,32,33). The molecule has 0 bridgehead atoms. The Morgan fingerprint density at radius 2 is 1.81 bits per heavy atom. The van der Waals surface area contributed by atoms with E-state index in [2.05, 4.69) is 20.4 Å². The lowest BCUT2D eigenvalue weighted by Crippen LogP contribution is -2.29. The Morgan fingerprint density at radius 3 is 2.51 bits per heavy atom. The third-order valence-electron chi connectivity index (χ3n) is 5.78. The van der Waals surface area contributed by atoms with Gasteiger partial charge in [-0.2, -0.15) is 5.10 Å². The summed E-state index contributed by atoms with van der Waals surface area (Å²) in [7, 11) is -3.86. The highest BCUT2D eigenvalue weighted by molar-refractivity contribution is 7.91. The van der Waals surface area contributed by atoms with Crippen LogP contribution >= 0.6 is 0 Å². The number of halogens is 1. The van der Waals surface area contributed by atoms with E-state index in [1.165, 1.54) is 43.0 Å². The first-order valence-electron chi connectivity index (χ1n) is 11.5. The quantitative estimate of drug-likeness (QED) is 0.320. The van der Waals surface area contributed by atoms with E-state index in [1.54, 1.807) is 23.0 Å². The first-order valence-corrected chi connectivity index (χ1v) is 13.1. The maximum atomic E-state index is 13.3. The van der Waals surface area contributed by atoms with Gasteiger partial charge in [-0.15, -0.1) is 0 Å². The topological polar surface area (TPSA) is 144 Å². The second-order valence-electron chi connectivity index (χ2n) is 8.38. The van der Waals surface area contributed by atoms with Crippen LogP contribution in [0.2, 0.25) is 0 Å². The third-order valence-corrected chi connectivity index (χ3v) is 7.46. The smallest absolute Gasteiger partial charge is 0.304 e. The lowest BCUT2D eigenvalue weighted by molar-refractivity contribution is -0.136. The lowest BCUT2D eigenvalue weighted by atomic mass is 10.0. The van der Waals surface area contributed by atoms with Crippen LogP contribution in [0.25, 0.3) is 16.6 Å². The molecule has 1 amide bonds. The van der Waals surface area contributed by atoms with Crippen LogP contribution in [0.15, 0.2) is 66.2 Å². The summed E-state index contributed by atoms with van der Waals surface area (Å²) in [4.78, 5) is 32.3. The molecule has 0 saturated carbocycles. The zero-order valence-corrected chi connectivity index (χ0v) is 20.7. The zero-order chi connectivity index (χ0) is 26.6. The third kappa shape index (κ3) is 5.80. The van der Waals surface area contributed by atoms with Crippen LogP contribution in [0.3, 0.4) is 0 Å². The van der Waals surface area contributed by atoms with Gasteiger partial charge >= 0.3 is 5.97 Å². The number of rotatable bonds is 10. The molecule has 0 radical (unpaired) electrons. The summed E-state index contributed by atoms with van der Waals surface area (Å²) in [6.45, 7) is 1.93. The normalized spacial score (nSPS) is 12.4. The molecule has 3 aromatic heterocycles. The van der Waals surface area contributed by atoms with E-state index in [9.17, 15) is 22.4 Å². The molecule has 0 aliphatic heterocycles. The van der Waals surface area contributed by atoms with Crippen molar-refractivity contribution in [2.24, 2.45) is 0 Å². The number of carbonyl (C=O) groups is 2. The van der Waals surface area contributed by atoms with Gasteiger partial charge in [-0.3, -0.25) is 19.6 Å². The molecule has 4 rings (SSSR count). The van der Waals surface area contributed by atoms with Gasteiger partial charge in [0, 0.05) is 24.0 Å². The molecule has 2 N–H and O–H groups in total. The van der Waals surface area contributed by atoms with Gasteiger partial charge in [-0.05, 0) is 42.3 Å². The SMILES string of the molecule is CCCC(NC(=O)c1cncc2c1cnn2-c1ccc(F)cc1)c1cncc(S(=O)(=O)CCC(=O)O)c1. The molecular weight excluding hydrogens is 501 g/mol. The molecule has 1 unspecified atom stereocenters. The number of pyridine rings is 2. The van der Waals surface area contributed by atoms with Gasteiger partial charge in [0.15, 0.2) is 9.84 Å². The number of hydrogen-bond donors (Lipinski definition) is 2. The highest BCUT2D eigenvalue weighted by Gasteiger charge is 2.22. The van der Waals surface area contributed by atoms with Crippen molar-refractivity contribution in [3.05, 3.63) is 78.3 Å². The lowest BCUT2D eigenvalue weighted by Gasteiger charge is -2.19. The fourth-order valence-electron chi connectivity index (χ4n) is 3.89. The number of fused-ring (bicyclic) bond motifs is 1. The molecule has 1 aromatic carbocycles. The van der Waals surface area contributed by atoms with Crippen molar-refractivity contribution in [3.8, 4) is 5.69 Å². The van der Waals surface area contributed by atoms with E-state index in [1.807, 2.05) is 6.92 Å². The maximum Gasteiger partial charge on any atom is 0.304 e. The summed E-state index contributed by atoms with van der Waals surface area (Å²) in [5.74, 6) is -2.58. The van der Waals surface area contributed by atoms with E-state index in [4.69, 9.17) is 5.11 Å². The Hall–Kier alpha value is -4.19. The molecule has 1 atom stereocenters. The fourth-order valence-corrected chi connectivity index (χ4v) is 5.11. The van der Waals surface area contributed by atoms with Gasteiger partial charge in [0.2, 0.25) is 0 Å². The second-order valence-corrected chi connectivity index (χ2v) is 10.5. The molecule has 0 aliphatic carbocycles. The highest BCUT2D eigenvalue weighted by atomic mass is 32.2. The van der Waals surface area contributed by atoms with Gasteiger partial charge in [0.25, 0.3) is 5.91 Å². The molecule has 4 aromatic rings. The van der Waals surface area contributed by atoms with Crippen molar-refractivity contribution in [3.63, 3.8) is 0 Å². The Kier molecular flexibility index (Phi) is 7.58. The van der Waals surface area contributed by atoms with Crippen molar-refractivity contribution < 1.29 is 27.5 Å². The molecule has 0 fully saturated rings. The maximum absolute atomic E-state index is 13.3. The van der Waals surface area contributed by atoms with Gasteiger partial charge in [0.05, 0.1) is 52.3 Å². The molecule has 0 aliphatic rings. The van der Waals surface area contributed by atoms with Gasteiger partial charge in [-0.1, -0.05) is 13.3 Å². The number of nitrogens with zero attached hydrogens (tertiary/aromatic N) is 4. The number of aliphatic carboxylic acids is 1. The Morgan fingerprint density at radius 1 is 1.08 bits per heavy atom. The molecule has 192 valence electrons. The molecule has 10 nitrogen and oxygen atoms in total. The summed E-state index contributed by atoms with van der Waals surface area (Å²) >= 11 is 0. The molecule has 3 heterocycles. The van der Waals surface area contributed by atoms with E-state index in [0.717, 1.165) is 0 Å². The number of aromatic nitrogens is 4. The minimum absolute atomic E-state index is 0.106. The number of carboxylic acids is 1. The zero-order valence-electron chi connectivity index (χ0n) is 19.8. The van der Waals surface area contributed by atoms with Crippen LogP contribution in [0, 0.1) is 5.82 Å². The monoisotopic (exact) mass is 525 g/mol. The average molecular weight is 526 g/mol. The van der Waals surface area contributed by atoms with E-state index in [-0.39, 0.29) is 16.3 Å². The predicted octanol–water partition coefficient (Wildman–Crippen LogP) is 3.47. The summed E-state index contributed by atoms with van der Waals surface area (Å²) in [6.07, 6.45) is 7.81. The van der Waals surface area contributed by atoms with E-state index in [0.29, 0.717) is 35.0 Å². The van der Waals surface area contributed by atoms with Crippen molar-refractivity contribution in [2.75, 3.05) is 5.75 Å². The Labute approximate surface area is 212 Å². The number of hydrogen-bond acceptors (Lipinski definition) is 7. The van der Waals surface area contributed by atoms with Crippen LogP contribution in [0.4, 0.5) is 4.39 Å². The summed E-state index contributed by atoms with van der Waals surface area (Å²) in [5.41, 5.74) is 1.91. The molecule has 0 spiro atoms. The van der Waals surface area contributed by atoms with Gasteiger partial charge in [-0.25, -0.2) is 17.5 Å². The number of sulfone groups is 1. The number of benzene rings is 1. The van der Waals surface area contributed by atoms with Gasteiger partial charge < -0.3 is 10.4 Å². The second kappa shape index (κ2) is 10.8. The molecule has 37 heavy (non-hydrogen) atoms. The van der Waals surface area contributed by atoms with Crippen molar-refractivity contribution in [2.45, 2.75) is 37.1 Å². The van der Waals surface area contributed by atoms with Crippen molar-refractivity contribution >= 4 is 32.6 Å². The Balaban J connectivity index is 1.62. The highest BCUT2D eigenvalue weighted by Crippen LogP contribution is 2.25. The van der Waals surface area contributed by atoms with Crippen molar-refractivity contribution in [1.82, 2.24) is 25.1 Å². The van der Waals surface area contributed by atoms with Crippen LogP contribution in [0.1, 0.15) is 48.1 Å². The molecule has 0 saturated heterocycles. The largest absolute Gasteiger partial charge is 0.481 e. The number of nitrogens with one attached hydrogen (secondary N) is 1. The van der Waals surface area contributed by atoms with Crippen molar-refractivity contribution in [1.29, 1.82) is 0 Å². The van der Waals surface area contributed by atoms with E-state index >= 15 is 0 Å². The summed E-state index contributed by atoms with van der Waals surface area (Å²) in [6, 6.07) is 6.61. The van der Waals surface area contributed by atoms with E-state index < -0.39 is 39.9 Å².